The summed E-state index contributed by atoms with van der Waals surface area (Å²) in [5.74, 6) is -0.173. The Bertz CT molecular complexity index is 516. The zero-order valence-corrected chi connectivity index (χ0v) is 10.3. The first-order valence-corrected chi connectivity index (χ1v) is 6.71. The van der Waals surface area contributed by atoms with Gasteiger partial charge in [0.15, 0.2) is 0 Å². The lowest BCUT2D eigenvalue weighted by atomic mass is 10.2. The van der Waals surface area contributed by atoms with Gasteiger partial charge >= 0.3 is 0 Å². The quantitative estimate of drug-likeness (QED) is 0.866. The minimum absolute atomic E-state index is 0.173. The molecule has 0 amide bonds. The molecule has 1 aliphatic carbocycles. The van der Waals surface area contributed by atoms with Crippen LogP contribution in [0.1, 0.15) is 17.7 Å². The lowest BCUT2D eigenvalue weighted by molar-refractivity contribution is 0.628. The van der Waals surface area contributed by atoms with E-state index in [0.717, 1.165) is 23.0 Å². The predicted molar refractivity (Wildman–Crippen MR) is 69.6 cm³/mol. The number of nitrogens with one attached hydrogen (secondary N) is 1. The molecular weight excluding hydrogens is 233 g/mol. The number of hydrogen-bond acceptors (Lipinski definition) is 2. The van der Waals surface area contributed by atoms with Crippen molar-refractivity contribution in [1.82, 2.24) is 5.32 Å². The maximum atomic E-state index is 13.1. The topological polar surface area (TPSA) is 12.0 Å². The Morgan fingerprint density at radius 1 is 1.24 bits per heavy atom. The highest BCUT2D eigenvalue weighted by molar-refractivity contribution is 7.15. The first kappa shape index (κ1) is 10.9. The molecule has 1 N–H and O–H groups in total. The van der Waals surface area contributed by atoms with Crippen LogP contribution in [-0.2, 0) is 6.54 Å². The minimum Gasteiger partial charge on any atom is -0.309 e. The molecule has 1 fully saturated rings. The van der Waals surface area contributed by atoms with Crippen molar-refractivity contribution in [3.05, 3.63) is 47.1 Å². The molecule has 1 nitrogen and oxygen atoms in total. The monoisotopic (exact) mass is 247 g/mol. The summed E-state index contributed by atoms with van der Waals surface area (Å²) >= 11 is 1.74. The molecule has 1 heterocycles. The van der Waals surface area contributed by atoms with Crippen LogP contribution in [0.5, 0.6) is 0 Å². The molecule has 17 heavy (non-hydrogen) atoms. The van der Waals surface area contributed by atoms with Crippen LogP contribution in [0.4, 0.5) is 4.39 Å². The van der Waals surface area contributed by atoms with Crippen LogP contribution < -0.4 is 5.32 Å². The molecule has 0 saturated heterocycles. The van der Waals surface area contributed by atoms with Crippen molar-refractivity contribution in [3.63, 3.8) is 0 Å². The third-order valence-electron chi connectivity index (χ3n) is 2.91. The van der Waals surface area contributed by atoms with Gasteiger partial charge in [0.1, 0.15) is 5.82 Å². The zero-order chi connectivity index (χ0) is 11.7. The second-order valence-corrected chi connectivity index (χ2v) is 5.60. The van der Waals surface area contributed by atoms with E-state index in [-0.39, 0.29) is 5.82 Å². The molecule has 0 bridgehead atoms. The molecule has 0 radical (unpaired) electrons. The molecule has 1 saturated carbocycles. The number of rotatable bonds is 4. The third-order valence-corrected chi connectivity index (χ3v) is 4.05. The fourth-order valence-corrected chi connectivity index (χ4v) is 2.76. The normalized spacial score (nSPS) is 15.1. The summed E-state index contributed by atoms with van der Waals surface area (Å²) < 4.78 is 13.1. The van der Waals surface area contributed by atoms with Gasteiger partial charge in [-0.25, -0.2) is 4.39 Å². The zero-order valence-electron chi connectivity index (χ0n) is 9.45. The first-order valence-electron chi connectivity index (χ1n) is 5.89. The molecule has 0 unspecified atom stereocenters. The average Bonchev–Trinajstić information content (AvgIpc) is 3.04. The van der Waals surface area contributed by atoms with Gasteiger partial charge in [-0.3, -0.25) is 0 Å². The van der Waals surface area contributed by atoms with E-state index in [1.807, 2.05) is 6.07 Å². The van der Waals surface area contributed by atoms with Gasteiger partial charge in [-0.1, -0.05) is 12.1 Å². The van der Waals surface area contributed by atoms with E-state index in [1.54, 1.807) is 23.5 Å². The minimum atomic E-state index is -0.173. The molecule has 0 spiro atoms. The Labute approximate surface area is 104 Å². The van der Waals surface area contributed by atoms with Crippen molar-refractivity contribution in [2.24, 2.45) is 0 Å². The highest BCUT2D eigenvalue weighted by Gasteiger charge is 2.20. The number of halogens is 1. The lowest BCUT2D eigenvalue weighted by Gasteiger charge is -1.99. The first-order chi connectivity index (χ1) is 8.31. The van der Waals surface area contributed by atoms with Gasteiger partial charge in [0.2, 0.25) is 0 Å². The Balaban J connectivity index is 1.74. The highest BCUT2D eigenvalue weighted by Crippen LogP contribution is 2.29. The van der Waals surface area contributed by atoms with Crippen LogP contribution in [-0.4, -0.2) is 6.04 Å². The van der Waals surface area contributed by atoms with Crippen molar-refractivity contribution in [3.8, 4) is 10.4 Å². The number of benzene rings is 1. The van der Waals surface area contributed by atoms with Gasteiger partial charge in [-0.15, -0.1) is 11.3 Å². The van der Waals surface area contributed by atoms with Crippen LogP contribution in [0.15, 0.2) is 36.4 Å². The van der Waals surface area contributed by atoms with Gasteiger partial charge < -0.3 is 5.32 Å². The van der Waals surface area contributed by atoms with Crippen LogP contribution in [0.2, 0.25) is 0 Å². The summed E-state index contributed by atoms with van der Waals surface area (Å²) in [7, 11) is 0. The molecule has 1 aliphatic rings. The molecular formula is C14H14FNS. The highest BCUT2D eigenvalue weighted by atomic mass is 32.1. The van der Waals surface area contributed by atoms with E-state index >= 15 is 0 Å². The van der Waals surface area contributed by atoms with Crippen molar-refractivity contribution in [1.29, 1.82) is 0 Å². The summed E-state index contributed by atoms with van der Waals surface area (Å²) in [5.41, 5.74) is 0.965. The van der Waals surface area contributed by atoms with E-state index in [0.29, 0.717) is 0 Å². The molecule has 88 valence electrons. The average molecular weight is 247 g/mol. The van der Waals surface area contributed by atoms with Crippen molar-refractivity contribution < 1.29 is 4.39 Å². The van der Waals surface area contributed by atoms with Crippen LogP contribution in [0.3, 0.4) is 0 Å². The Morgan fingerprint density at radius 3 is 2.88 bits per heavy atom. The maximum absolute atomic E-state index is 13.1. The van der Waals surface area contributed by atoms with E-state index in [4.69, 9.17) is 0 Å². The van der Waals surface area contributed by atoms with Crippen molar-refractivity contribution in [2.75, 3.05) is 0 Å². The number of thiophene rings is 1. The SMILES string of the molecule is Fc1cccc(-c2ccc(CNC3CC3)s2)c1. The molecule has 0 atom stereocenters. The third kappa shape index (κ3) is 2.73. The van der Waals surface area contributed by atoms with Gasteiger partial charge in [0.05, 0.1) is 0 Å². The second kappa shape index (κ2) is 4.59. The molecule has 1 aromatic heterocycles. The molecule has 3 rings (SSSR count). The fourth-order valence-electron chi connectivity index (χ4n) is 1.80. The molecule has 2 aromatic rings. The smallest absolute Gasteiger partial charge is 0.123 e. The van der Waals surface area contributed by atoms with Crippen LogP contribution in [0.25, 0.3) is 10.4 Å². The number of hydrogen-bond donors (Lipinski definition) is 1. The van der Waals surface area contributed by atoms with Gasteiger partial charge in [-0.05, 0) is 42.7 Å². The largest absolute Gasteiger partial charge is 0.309 e. The lowest BCUT2D eigenvalue weighted by Crippen LogP contribution is -2.14. The Morgan fingerprint density at radius 2 is 2.12 bits per heavy atom. The molecule has 0 aliphatic heterocycles. The summed E-state index contributed by atoms with van der Waals surface area (Å²) in [6.07, 6.45) is 2.62. The summed E-state index contributed by atoms with van der Waals surface area (Å²) in [6, 6.07) is 11.7. The summed E-state index contributed by atoms with van der Waals surface area (Å²) in [5, 5.41) is 3.49. The predicted octanol–water partition coefficient (Wildman–Crippen LogP) is 3.81. The van der Waals surface area contributed by atoms with E-state index in [2.05, 4.69) is 17.4 Å². The standard InChI is InChI=1S/C14H14FNS/c15-11-3-1-2-10(8-11)14-7-6-13(17-14)9-16-12-4-5-12/h1-3,6-8,12,16H,4-5,9H2. The molecule has 1 aromatic carbocycles. The summed E-state index contributed by atoms with van der Waals surface area (Å²) in [6.45, 7) is 0.935. The van der Waals surface area contributed by atoms with Crippen molar-refractivity contribution >= 4 is 11.3 Å². The van der Waals surface area contributed by atoms with Gasteiger partial charge in [0, 0.05) is 22.3 Å². The fraction of sp³-hybridized carbons (Fsp3) is 0.286. The van der Waals surface area contributed by atoms with E-state index in [9.17, 15) is 4.39 Å². The Hall–Kier alpha value is -1.19. The van der Waals surface area contributed by atoms with Gasteiger partial charge in [0.25, 0.3) is 0 Å². The van der Waals surface area contributed by atoms with E-state index < -0.39 is 0 Å². The van der Waals surface area contributed by atoms with E-state index in [1.165, 1.54) is 23.8 Å². The second-order valence-electron chi connectivity index (χ2n) is 4.43. The van der Waals surface area contributed by atoms with Crippen LogP contribution in [0, 0.1) is 5.82 Å². The Kier molecular flexibility index (Phi) is 2.95. The van der Waals surface area contributed by atoms with Gasteiger partial charge in [-0.2, -0.15) is 0 Å². The van der Waals surface area contributed by atoms with Crippen LogP contribution >= 0.6 is 11.3 Å². The molecule has 3 heteroatoms. The summed E-state index contributed by atoms with van der Waals surface area (Å²) in [4.78, 5) is 2.45. The van der Waals surface area contributed by atoms with Crippen molar-refractivity contribution in [2.45, 2.75) is 25.4 Å². The maximum Gasteiger partial charge on any atom is 0.123 e.